The monoisotopic (exact) mass is 1200 g/mol. The van der Waals surface area contributed by atoms with Crippen molar-refractivity contribution in [2.45, 2.75) is 5.41 Å². The van der Waals surface area contributed by atoms with Crippen LogP contribution in [0, 0.1) is 0 Å². The Morgan fingerprint density at radius 3 is 0.979 bits per heavy atom. The number of rotatable bonds is 8. The molecule has 0 unspecified atom stereocenters. The van der Waals surface area contributed by atoms with Crippen molar-refractivity contribution in [3.05, 3.63) is 372 Å². The molecule has 0 fully saturated rings. The van der Waals surface area contributed by atoms with Gasteiger partial charge >= 0.3 is 0 Å². The Labute approximate surface area is 550 Å². The number of nitrogens with zero attached hydrogens (tertiary/aromatic N) is 2. The first kappa shape index (κ1) is 53.3. The summed E-state index contributed by atoms with van der Waals surface area (Å²) in [6.45, 7) is 0. The molecule has 18 aromatic rings. The zero-order valence-electron chi connectivity index (χ0n) is 51.9. The zero-order valence-corrected chi connectivity index (χ0v) is 51.9. The molecule has 0 radical (unpaired) electrons. The molecule has 0 saturated carbocycles. The van der Waals surface area contributed by atoms with Crippen molar-refractivity contribution in [3.8, 4) is 55.9 Å². The van der Waals surface area contributed by atoms with Gasteiger partial charge in [-0.2, -0.15) is 0 Å². The number of para-hydroxylation sites is 2. The van der Waals surface area contributed by atoms with E-state index >= 15 is 0 Å². The van der Waals surface area contributed by atoms with E-state index in [4.69, 9.17) is 0 Å². The van der Waals surface area contributed by atoms with Crippen molar-refractivity contribution < 1.29 is 0 Å². The van der Waals surface area contributed by atoms with E-state index in [1.165, 1.54) is 176 Å². The van der Waals surface area contributed by atoms with Crippen LogP contribution in [0.15, 0.2) is 328 Å². The Morgan fingerprint density at radius 2 is 0.526 bits per heavy atom. The van der Waals surface area contributed by atoms with E-state index in [2.05, 4.69) is 361 Å². The lowest BCUT2D eigenvalue weighted by molar-refractivity contribution is 0.793. The summed E-state index contributed by atoms with van der Waals surface area (Å²) < 4.78 is 4.93. The molecule has 0 bridgehead atoms. The van der Waals surface area contributed by atoms with E-state index in [1.54, 1.807) is 0 Å². The van der Waals surface area contributed by atoms with Gasteiger partial charge in [0.05, 0.1) is 38.9 Å². The lowest BCUT2D eigenvalue weighted by Gasteiger charge is -2.30. The Bertz CT molecular complexity index is 5940. The summed E-state index contributed by atoms with van der Waals surface area (Å²) in [4.78, 5) is 0. The molecule has 0 N–H and O–H groups in total. The average Bonchev–Trinajstić information content (AvgIpc) is 1.52. The Kier molecular flexibility index (Phi) is 11.7. The summed E-state index contributed by atoms with van der Waals surface area (Å²) in [7, 11) is 0. The Morgan fingerprint density at radius 1 is 0.200 bits per heavy atom. The maximum Gasteiger partial charge on any atom is 0.0725 e. The predicted octanol–water partition coefficient (Wildman–Crippen LogP) is 24.5. The number of fused-ring (bicyclic) bond motifs is 22. The maximum absolute atomic E-state index is 2.47. The largest absolute Gasteiger partial charge is 0.309 e. The molecule has 2 aliphatic rings. The summed E-state index contributed by atoms with van der Waals surface area (Å²) in [5.41, 5.74) is 26.7. The Balaban J connectivity index is 0.608. The van der Waals surface area contributed by atoms with E-state index in [0.29, 0.717) is 0 Å². The van der Waals surface area contributed by atoms with E-state index < -0.39 is 5.41 Å². The third-order valence-electron chi connectivity index (χ3n) is 20.9. The van der Waals surface area contributed by atoms with Gasteiger partial charge < -0.3 is 9.13 Å². The van der Waals surface area contributed by atoms with Crippen LogP contribution in [0.2, 0.25) is 0 Å². The molecule has 2 nitrogen and oxygen atoms in total. The molecule has 2 heteroatoms. The molecule has 16 aromatic carbocycles. The Hall–Kier alpha value is -12.4. The topological polar surface area (TPSA) is 9.86 Å². The average molecular weight is 1200 g/mol. The highest BCUT2D eigenvalue weighted by Gasteiger charge is 2.51. The van der Waals surface area contributed by atoms with E-state index in [1.807, 2.05) is 0 Å². The van der Waals surface area contributed by atoms with Crippen LogP contribution in [0.1, 0.15) is 44.5 Å². The smallest absolute Gasteiger partial charge is 0.0725 e. The number of hydrogen-bond acceptors (Lipinski definition) is 0. The molecule has 0 atom stereocenters. The highest BCUT2D eigenvalue weighted by molar-refractivity contribution is 6.18. The van der Waals surface area contributed by atoms with Crippen LogP contribution in [0.5, 0.6) is 0 Å². The second-order valence-electron chi connectivity index (χ2n) is 25.9. The first-order valence-electron chi connectivity index (χ1n) is 33.0. The molecule has 20 rings (SSSR count). The fourth-order valence-corrected chi connectivity index (χ4v) is 16.6. The molecule has 95 heavy (non-hydrogen) atoms. The van der Waals surface area contributed by atoms with Crippen molar-refractivity contribution >= 4 is 111 Å². The SMILES string of the molecule is C(=C\c1ccc2c(c1)C1(c3ccccc3-c3ccccc31)c1cc(/C=C/c3ccc(-c4ccc5c(c4)c4ccccc4n5-c4cc5ccccc5c5ccccc45)cc3)ccc1-2)/c1ccc(-c2ccc3c(c2)c2ccccc2n3-c2cc3ccccc3c3ccccc23)cc1. The molecule has 2 aromatic heterocycles. The van der Waals surface area contributed by atoms with Gasteiger partial charge in [-0.3, -0.25) is 0 Å². The second-order valence-corrected chi connectivity index (χ2v) is 25.9. The van der Waals surface area contributed by atoms with Gasteiger partial charge in [-0.1, -0.05) is 291 Å². The molecule has 2 heterocycles. The van der Waals surface area contributed by atoms with Crippen molar-refractivity contribution in [1.82, 2.24) is 9.13 Å². The standard InChI is InChI=1S/C93H58N2/c1-3-19-69-67(17-1)57-91(77-25-7-5-21-71(69)77)94-87-31-15-11-27-79(87)81-55-65(47-51-89(81)94)63-43-37-59(38-44-63)33-35-61-41-49-75-76-50-42-62(54-86(76)93(85(75)53-61)83-29-13-9-23-73(83)74-24-10-14-30-84(74)93)36-34-60-39-45-64(46-40-60)66-48-52-90-82(56-66)80-28-12-16-32-88(80)95(90)92-58-68-18-2-4-20-70(68)72-22-6-8-26-78(72)92/h1-58H/b35-33+,36-34+. The highest BCUT2D eigenvalue weighted by Crippen LogP contribution is 2.63. The molecule has 0 amide bonds. The molecule has 1 spiro atoms. The summed E-state index contributed by atoms with van der Waals surface area (Å²) in [5, 5.41) is 15.1. The molecule has 2 aliphatic carbocycles. The van der Waals surface area contributed by atoms with Crippen LogP contribution in [0.25, 0.3) is 167 Å². The first-order valence-corrected chi connectivity index (χ1v) is 33.0. The molecule has 0 aliphatic heterocycles. The van der Waals surface area contributed by atoms with Crippen LogP contribution >= 0.6 is 0 Å². The normalized spacial score (nSPS) is 13.1. The summed E-state index contributed by atoms with van der Waals surface area (Å²) in [5.74, 6) is 0. The lowest BCUT2D eigenvalue weighted by Crippen LogP contribution is -2.26. The van der Waals surface area contributed by atoms with Crippen molar-refractivity contribution in [1.29, 1.82) is 0 Å². The fourth-order valence-electron chi connectivity index (χ4n) is 16.6. The fraction of sp³-hybridized carbons (Fsp3) is 0.0108. The van der Waals surface area contributed by atoms with Crippen LogP contribution in [0.3, 0.4) is 0 Å². The minimum absolute atomic E-state index is 0.484. The maximum atomic E-state index is 2.47. The number of hydrogen-bond donors (Lipinski definition) is 0. The van der Waals surface area contributed by atoms with Gasteiger partial charge in [0, 0.05) is 32.3 Å². The molecule has 440 valence electrons. The van der Waals surface area contributed by atoms with E-state index in [9.17, 15) is 0 Å². The van der Waals surface area contributed by atoms with E-state index in [-0.39, 0.29) is 0 Å². The quantitative estimate of drug-likeness (QED) is 0.106. The van der Waals surface area contributed by atoms with Crippen LogP contribution in [-0.4, -0.2) is 9.13 Å². The van der Waals surface area contributed by atoms with Gasteiger partial charge in [-0.05, 0) is 182 Å². The zero-order chi connectivity index (χ0) is 62.3. The summed E-state index contributed by atoms with van der Waals surface area (Å²) in [6, 6.07) is 122. The van der Waals surface area contributed by atoms with Gasteiger partial charge in [0.2, 0.25) is 0 Å². The van der Waals surface area contributed by atoms with Gasteiger partial charge in [-0.15, -0.1) is 0 Å². The van der Waals surface area contributed by atoms with Gasteiger partial charge in [0.1, 0.15) is 0 Å². The molecule has 0 saturated heterocycles. The van der Waals surface area contributed by atoms with E-state index in [0.717, 1.165) is 11.1 Å². The highest BCUT2D eigenvalue weighted by atomic mass is 15.0. The third kappa shape index (κ3) is 8.05. The van der Waals surface area contributed by atoms with Crippen molar-refractivity contribution in [2.24, 2.45) is 0 Å². The summed E-state index contributed by atoms with van der Waals surface area (Å²) >= 11 is 0. The van der Waals surface area contributed by atoms with Crippen molar-refractivity contribution in [3.63, 3.8) is 0 Å². The minimum atomic E-state index is -0.484. The first-order chi connectivity index (χ1) is 47.1. The van der Waals surface area contributed by atoms with Crippen molar-refractivity contribution in [2.75, 3.05) is 0 Å². The van der Waals surface area contributed by atoms with Gasteiger partial charge in [0.15, 0.2) is 0 Å². The minimum Gasteiger partial charge on any atom is -0.309 e. The van der Waals surface area contributed by atoms with Crippen LogP contribution in [0.4, 0.5) is 0 Å². The second kappa shape index (κ2) is 20.8. The van der Waals surface area contributed by atoms with Gasteiger partial charge in [0.25, 0.3) is 0 Å². The summed E-state index contributed by atoms with van der Waals surface area (Å²) in [6.07, 6.45) is 9.12. The van der Waals surface area contributed by atoms with Crippen LogP contribution in [-0.2, 0) is 5.41 Å². The molecular weight excluding hydrogens is 1150 g/mol. The lowest BCUT2D eigenvalue weighted by atomic mass is 9.70. The third-order valence-corrected chi connectivity index (χ3v) is 20.9. The van der Waals surface area contributed by atoms with Gasteiger partial charge in [-0.25, -0.2) is 0 Å². The number of aromatic nitrogens is 2. The molecular formula is C93H58N2. The van der Waals surface area contributed by atoms with Crippen LogP contribution < -0.4 is 0 Å². The predicted molar refractivity (Wildman–Crippen MR) is 403 cm³/mol. The number of benzene rings is 16.